The van der Waals surface area contributed by atoms with E-state index in [1.54, 1.807) is 57.3 Å². The highest BCUT2D eigenvalue weighted by Crippen LogP contribution is 2.32. The number of anilines is 1. The number of hydrogen-bond acceptors (Lipinski definition) is 6. The Labute approximate surface area is 162 Å². The minimum absolute atomic E-state index is 0.0207. The van der Waals surface area contributed by atoms with Crippen LogP contribution in [0.3, 0.4) is 0 Å². The van der Waals surface area contributed by atoms with E-state index in [-0.39, 0.29) is 24.9 Å². The van der Waals surface area contributed by atoms with Gasteiger partial charge >= 0.3 is 5.97 Å². The van der Waals surface area contributed by atoms with Gasteiger partial charge in [-0.3, -0.25) is 9.59 Å². The van der Waals surface area contributed by atoms with E-state index in [0.29, 0.717) is 28.3 Å². The van der Waals surface area contributed by atoms with Crippen LogP contribution in [0.15, 0.2) is 42.5 Å². The highest BCUT2D eigenvalue weighted by Gasteiger charge is 2.25. The van der Waals surface area contributed by atoms with Crippen LogP contribution in [0.25, 0.3) is 0 Å². The molecule has 28 heavy (non-hydrogen) atoms. The maximum absolute atomic E-state index is 12.8. The monoisotopic (exact) mass is 383 g/mol. The molecule has 1 heterocycles. The lowest BCUT2D eigenvalue weighted by atomic mass is 10.0. The Bertz CT molecular complexity index is 923. The van der Waals surface area contributed by atoms with Gasteiger partial charge in [-0.15, -0.1) is 0 Å². The first kappa shape index (κ1) is 19.4. The van der Waals surface area contributed by atoms with Gasteiger partial charge in [-0.1, -0.05) is 6.07 Å². The van der Waals surface area contributed by atoms with Crippen LogP contribution < -0.4 is 14.4 Å². The summed E-state index contributed by atoms with van der Waals surface area (Å²) in [7, 11) is 1.64. The summed E-state index contributed by atoms with van der Waals surface area (Å²) in [5.41, 5.74) is 1.29. The number of esters is 1. The molecule has 2 aromatic carbocycles. The van der Waals surface area contributed by atoms with E-state index in [0.717, 1.165) is 0 Å². The molecular weight excluding hydrogens is 362 g/mol. The number of carbonyl (C=O) groups excluding carboxylic acids is 3. The minimum atomic E-state index is -0.791. The third-order valence-electron chi connectivity index (χ3n) is 4.36. The lowest BCUT2D eigenvalue weighted by Crippen LogP contribution is -2.35. The summed E-state index contributed by atoms with van der Waals surface area (Å²) in [5.74, 6) is 0.0524. The fourth-order valence-electron chi connectivity index (χ4n) is 2.83. The quantitative estimate of drug-likeness (QED) is 0.564. The number of nitrogens with zero attached hydrogens (tertiary/aromatic N) is 1. The van der Waals surface area contributed by atoms with Crippen molar-refractivity contribution in [1.29, 1.82) is 0 Å². The van der Waals surface area contributed by atoms with E-state index in [9.17, 15) is 14.4 Å². The largest absolute Gasteiger partial charge is 0.483 e. The number of benzene rings is 2. The SMILES string of the molecule is CCOC(=O)c1cccc(OC(C)C(=O)c2ccc3c(c2)N(C)C(=O)CO3)c1. The number of Topliss-reactive ketones (excluding diaryl/α,β-unsaturated/α-hetero) is 1. The molecule has 1 amide bonds. The third kappa shape index (κ3) is 3.98. The zero-order chi connectivity index (χ0) is 20.3. The molecule has 0 spiro atoms. The van der Waals surface area contributed by atoms with Gasteiger partial charge in [-0.25, -0.2) is 4.79 Å². The molecule has 3 rings (SSSR count). The standard InChI is InChI=1S/C21H21NO6/c1-4-26-21(25)15-6-5-7-16(10-15)28-13(2)20(24)14-8-9-18-17(11-14)22(3)19(23)12-27-18/h5-11,13H,4,12H2,1-3H3. The summed E-state index contributed by atoms with van der Waals surface area (Å²) in [6.45, 7) is 3.61. The van der Waals surface area contributed by atoms with E-state index < -0.39 is 12.1 Å². The first-order chi connectivity index (χ1) is 13.4. The van der Waals surface area contributed by atoms with Crippen molar-refractivity contribution in [2.75, 3.05) is 25.2 Å². The minimum Gasteiger partial charge on any atom is -0.483 e. The van der Waals surface area contributed by atoms with E-state index in [1.807, 2.05) is 0 Å². The Balaban J connectivity index is 1.76. The Morgan fingerprint density at radius 1 is 1.18 bits per heavy atom. The maximum Gasteiger partial charge on any atom is 0.338 e. The number of hydrogen-bond donors (Lipinski definition) is 0. The van der Waals surface area contributed by atoms with Crippen molar-refractivity contribution in [3.8, 4) is 11.5 Å². The van der Waals surface area contributed by atoms with E-state index in [4.69, 9.17) is 14.2 Å². The van der Waals surface area contributed by atoms with Crippen molar-refractivity contribution in [1.82, 2.24) is 0 Å². The Morgan fingerprint density at radius 3 is 2.71 bits per heavy atom. The molecule has 1 unspecified atom stereocenters. The van der Waals surface area contributed by atoms with E-state index in [1.165, 1.54) is 11.0 Å². The zero-order valence-electron chi connectivity index (χ0n) is 15.9. The van der Waals surface area contributed by atoms with Gasteiger partial charge in [-0.05, 0) is 50.2 Å². The van der Waals surface area contributed by atoms with E-state index in [2.05, 4.69) is 0 Å². The van der Waals surface area contributed by atoms with Crippen LogP contribution in [0.5, 0.6) is 11.5 Å². The van der Waals surface area contributed by atoms with Gasteiger partial charge in [0.1, 0.15) is 11.5 Å². The number of fused-ring (bicyclic) bond motifs is 1. The molecule has 0 aromatic heterocycles. The van der Waals surface area contributed by atoms with Crippen LogP contribution in [0, 0.1) is 0 Å². The third-order valence-corrected chi connectivity index (χ3v) is 4.36. The van der Waals surface area contributed by atoms with Crippen molar-refractivity contribution in [3.05, 3.63) is 53.6 Å². The normalized spacial score (nSPS) is 14.0. The smallest absolute Gasteiger partial charge is 0.338 e. The molecule has 0 saturated heterocycles. The predicted molar refractivity (Wildman–Crippen MR) is 102 cm³/mol. The zero-order valence-corrected chi connectivity index (χ0v) is 15.9. The van der Waals surface area contributed by atoms with Crippen LogP contribution in [0.2, 0.25) is 0 Å². The van der Waals surface area contributed by atoms with Gasteiger partial charge < -0.3 is 19.1 Å². The van der Waals surface area contributed by atoms with Crippen molar-refractivity contribution in [3.63, 3.8) is 0 Å². The number of rotatable bonds is 6. The number of amides is 1. The molecule has 0 aliphatic carbocycles. The topological polar surface area (TPSA) is 82.1 Å². The molecule has 0 saturated carbocycles. The van der Waals surface area contributed by atoms with Crippen LogP contribution in [0.4, 0.5) is 5.69 Å². The number of likely N-dealkylation sites (N-methyl/N-ethyl adjacent to an activating group) is 1. The highest BCUT2D eigenvalue weighted by molar-refractivity contribution is 6.03. The van der Waals surface area contributed by atoms with Crippen molar-refractivity contribution < 1.29 is 28.6 Å². The summed E-state index contributed by atoms with van der Waals surface area (Å²) >= 11 is 0. The summed E-state index contributed by atoms with van der Waals surface area (Å²) < 4.78 is 16.1. The van der Waals surface area contributed by atoms with Gasteiger partial charge in [-0.2, -0.15) is 0 Å². The fraction of sp³-hybridized carbons (Fsp3) is 0.286. The number of carbonyl (C=O) groups is 3. The molecule has 7 nitrogen and oxygen atoms in total. The van der Waals surface area contributed by atoms with Gasteiger partial charge in [0.15, 0.2) is 12.7 Å². The maximum atomic E-state index is 12.8. The second-order valence-electron chi connectivity index (χ2n) is 6.30. The van der Waals surface area contributed by atoms with E-state index >= 15 is 0 Å². The molecule has 0 N–H and O–H groups in total. The van der Waals surface area contributed by atoms with Crippen LogP contribution in [-0.4, -0.2) is 44.0 Å². The molecule has 1 aliphatic rings. The Morgan fingerprint density at radius 2 is 1.96 bits per heavy atom. The number of ether oxygens (including phenoxy) is 3. The summed E-state index contributed by atoms with van der Waals surface area (Å²) in [6, 6.07) is 11.4. The first-order valence-corrected chi connectivity index (χ1v) is 8.92. The fourth-order valence-corrected chi connectivity index (χ4v) is 2.83. The summed E-state index contributed by atoms with van der Waals surface area (Å²) in [5, 5.41) is 0. The molecule has 146 valence electrons. The Kier molecular flexibility index (Phi) is 5.63. The van der Waals surface area contributed by atoms with Gasteiger partial charge in [0.25, 0.3) is 5.91 Å². The summed E-state index contributed by atoms with van der Waals surface area (Å²) in [4.78, 5) is 37.9. The molecule has 0 bridgehead atoms. The molecule has 1 atom stereocenters. The molecule has 1 aliphatic heterocycles. The average Bonchev–Trinajstić information content (AvgIpc) is 2.70. The second-order valence-corrected chi connectivity index (χ2v) is 6.30. The molecule has 7 heteroatoms. The summed E-state index contributed by atoms with van der Waals surface area (Å²) in [6.07, 6.45) is -0.791. The van der Waals surface area contributed by atoms with Crippen molar-refractivity contribution in [2.24, 2.45) is 0 Å². The van der Waals surface area contributed by atoms with Crippen molar-refractivity contribution >= 4 is 23.3 Å². The van der Waals surface area contributed by atoms with Crippen LogP contribution in [-0.2, 0) is 9.53 Å². The highest BCUT2D eigenvalue weighted by atomic mass is 16.5. The first-order valence-electron chi connectivity index (χ1n) is 8.92. The van der Waals surface area contributed by atoms with Crippen molar-refractivity contribution in [2.45, 2.75) is 20.0 Å². The molecular formula is C21H21NO6. The molecule has 0 fully saturated rings. The second kappa shape index (κ2) is 8.12. The lowest BCUT2D eigenvalue weighted by Gasteiger charge is -2.26. The Hall–Kier alpha value is -3.35. The van der Waals surface area contributed by atoms with Gasteiger partial charge in [0.2, 0.25) is 5.78 Å². The number of ketones is 1. The van der Waals surface area contributed by atoms with Crippen LogP contribution in [0.1, 0.15) is 34.6 Å². The molecule has 2 aromatic rings. The molecule has 0 radical (unpaired) electrons. The average molecular weight is 383 g/mol. The van der Waals surface area contributed by atoms with Gasteiger partial charge in [0, 0.05) is 12.6 Å². The predicted octanol–water partition coefficient (Wildman–Crippen LogP) is 2.87. The lowest BCUT2D eigenvalue weighted by molar-refractivity contribution is -0.120. The van der Waals surface area contributed by atoms with Crippen LogP contribution >= 0.6 is 0 Å². The van der Waals surface area contributed by atoms with Gasteiger partial charge in [0.05, 0.1) is 17.9 Å².